The van der Waals surface area contributed by atoms with Crippen LogP contribution in [0, 0.1) is 0 Å². The minimum atomic E-state index is 0. The second-order valence-electron chi connectivity index (χ2n) is 6.92. The molecule has 0 spiro atoms. The highest BCUT2D eigenvalue weighted by atomic mass is 127. The van der Waals surface area contributed by atoms with E-state index < -0.39 is 0 Å². The van der Waals surface area contributed by atoms with Crippen molar-refractivity contribution in [2.45, 2.75) is 32.2 Å². The Morgan fingerprint density at radius 2 is 1.86 bits per heavy atom. The number of aryl methyl sites for hydroxylation is 1. The second-order valence-corrected chi connectivity index (χ2v) is 6.92. The van der Waals surface area contributed by atoms with Crippen LogP contribution >= 0.6 is 24.0 Å². The SMILES string of the molecule is CN=C(NCC(=O)N1CCc2ccccc21)NC(C)CCc1ccccc1.I. The molecule has 0 saturated heterocycles. The predicted molar refractivity (Wildman–Crippen MR) is 127 cm³/mol. The van der Waals surface area contributed by atoms with Crippen LogP contribution in [0.1, 0.15) is 24.5 Å². The molecule has 1 unspecified atom stereocenters. The van der Waals surface area contributed by atoms with E-state index in [0.717, 1.165) is 31.5 Å². The zero-order valence-electron chi connectivity index (χ0n) is 16.5. The molecule has 3 rings (SSSR count). The quantitative estimate of drug-likeness (QED) is 0.370. The summed E-state index contributed by atoms with van der Waals surface area (Å²) in [6, 6.07) is 18.8. The molecule has 2 N–H and O–H groups in total. The van der Waals surface area contributed by atoms with Gasteiger partial charge in [-0.1, -0.05) is 48.5 Å². The van der Waals surface area contributed by atoms with Crippen LogP contribution in [0.25, 0.3) is 0 Å². The summed E-state index contributed by atoms with van der Waals surface area (Å²) in [5, 5.41) is 6.52. The molecule has 2 aromatic carbocycles. The summed E-state index contributed by atoms with van der Waals surface area (Å²) < 4.78 is 0. The molecule has 150 valence electrons. The van der Waals surface area contributed by atoms with Crippen LogP contribution < -0.4 is 15.5 Å². The lowest BCUT2D eigenvalue weighted by Gasteiger charge is -2.20. The summed E-state index contributed by atoms with van der Waals surface area (Å²) in [5.74, 6) is 0.733. The third-order valence-electron chi connectivity index (χ3n) is 4.91. The Morgan fingerprint density at radius 3 is 2.61 bits per heavy atom. The first-order chi connectivity index (χ1) is 13.2. The fraction of sp³-hybridized carbons (Fsp3) is 0.364. The van der Waals surface area contributed by atoms with Gasteiger partial charge >= 0.3 is 0 Å². The molecular formula is C22H29IN4O. The normalized spacial score (nSPS) is 14.1. The number of guanidine groups is 1. The number of para-hydroxylation sites is 1. The van der Waals surface area contributed by atoms with E-state index in [1.807, 2.05) is 29.2 Å². The van der Waals surface area contributed by atoms with Crippen molar-refractivity contribution in [3.63, 3.8) is 0 Å². The van der Waals surface area contributed by atoms with E-state index in [9.17, 15) is 4.79 Å². The number of nitrogens with one attached hydrogen (secondary N) is 2. The van der Waals surface area contributed by atoms with Crippen LogP contribution in [0.2, 0.25) is 0 Å². The van der Waals surface area contributed by atoms with Crippen molar-refractivity contribution >= 4 is 41.5 Å². The summed E-state index contributed by atoms with van der Waals surface area (Å²) in [5.41, 5.74) is 3.60. The minimum absolute atomic E-state index is 0. The van der Waals surface area contributed by atoms with Gasteiger partial charge in [0.25, 0.3) is 0 Å². The molecule has 0 fully saturated rings. The number of amides is 1. The average Bonchev–Trinajstić information content (AvgIpc) is 3.14. The number of carbonyl (C=O) groups excluding carboxylic acids is 1. The Labute approximate surface area is 184 Å². The van der Waals surface area contributed by atoms with Crippen molar-refractivity contribution in [2.24, 2.45) is 4.99 Å². The highest BCUT2D eigenvalue weighted by molar-refractivity contribution is 14.0. The molecule has 0 aliphatic carbocycles. The molecule has 5 nitrogen and oxygen atoms in total. The number of hydrogen-bond acceptors (Lipinski definition) is 2. The molecule has 0 aromatic heterocycles. The monoisotopic (exact) mass is 492 g/mol. The summed E-state index contributed by atoms with van der Waals surface area (Å²) in [6.07, 6.45) is 2.93. The number of nitrogens with zero attached hydrogens (tertiary/aromatic N) is 2. The van der Waals surface area contributed by atoms with E-state index in [0.29, 0.717) is 5.96 Å². The van der Waals surface area contributed by atoms with Crippen LogP contribution in [0.15, 0.2) is 59.6 Å². The van der Waals surface area contributed by atoms with Crippen LogP contribution in [-0.2, 0) is 17.6 Å². The first kappa shape index (κ1) is 22.2. The Kier molecular flexibility index (Phi) is 8.76. The number of hydrogen-bond donors (Lipinski definition) is 2. The van der Waals surface area contributed by atoms with E-state index in [2.05, 4.69) is 52.9 Å². The van der Waals surface area contributed by atoms with Gasteiger partial charge < -0.3 is 15.5 Å². The maximum Gasteiger partial charge on any atom is 0.246 e. The molecule has 1 atom stereocenters. The van der Waals surface area contributed by atoms with Gasteiger partial charge in [0.15, 0.2) is 5.96 Å². The molecule has 1 aliphatic heterocycles. The van der Waals surface area contributed by atoms with E-state index in [4.69, 9.17) is 0 Å². The number of anilines is 1. The number of halogens is 1. The van der Waals surface area contributed by atoms with Gasteiger partial charge in [0.05, 0.1) is 6.54 Å². The van der Waals surface area contributed by atoms with Gasteiger partial charge in [0, 0.05) is 25.3 Å². The zero-order valence-corrected chi connectivity index (χ0v) is 18.9. The highest BCUT2D eigenvalue weighted by Crippen LogP contribution is 2.27. The number of aliphatic imine (C=N–C) groups is 1. The summed E-state index contributed by atoms with van der Waals surface area (Å²) in [6.45, 7) is 3.12. The van der Waals surface area contributed by atoms with Crippen LogP contribution in [0.3, 0.4) is 0 Å². The van der Waals surface area contributed by atoms with Gasteiger partial charge in [0.1, 0.15) is 0 Å². The fourth-order valence-corrected chi connectivity index (χ4v) is 3.38. The van der Waals surface area contributed by atoms with Crippen LogP contribution in [-0.4, -0.2) is 38.0 Å². The first-order valence-corrected chi connectivity index (χ1v) is 9.56. The topological polar surface area (TPSA) is 56.7 Å². The molecule has 1 amide bonds. The minimum Gasteiger partial charge on any atom is -0.354 e. The first-order valence-electron chi connectivity index (χ1n) is 9.56. The lowest BCUT2D eigenvalue weighted by Crippen LogP contribution is -2.47. The molecule has 0 radical (unpaired) electrons. The van der Waals surface area contributed by atoms with Gasteiger partial charge in [-0.2, -0.15) is 0 Å². The van der Waals surface area contributed by atoms with Crippen molar-refractivity contribution in [1.29, 1.82) is 0 Å². The molecule has 1 aliphatic rings. The summed E-state index contributed by atoms with van der Waals surface area (Å²) in [7, 11) is 1.73. The molecule has 0 saturated carbocycles. The molecule has 6 heteroatoms. The van der Waals surface area contributed by atoms with E-state index in [-0.39, 0.29) is 42.5 Å². The van der Waals surface area contributed by atoms with Crippen molar-refractivity contribution in [2.75, 3.05) is 25.0 Å². The zero-order chi connectivity index (χ0) is 19.1. The summed E-state index contributed by atoms with van der Waals surface area (Å²) >= 11 is 0. The molecular weight excluding hydrogens is 463 g/mol. The van der Waals surface area contributed by atoms with E-state index in [1.54, 1.807) is 7.05 Å². The van der Waals surface area contributed by atoms with Gasteiger partial charge in [-0.05, 0) is 43.4 Å². The van der Waals surface area contributed by atoms with Gasteiger partial charge in [-0.15, -0.1) is 24.0 Å². The Hall–Kier alpha value is -2.09. The maximum atomic E-state index is 12.6. The van der Waals surface area contributed by atoms with Gasteiger partial charge in [0.2, 0.25) is 5.91 Å². The van der Waals surface area contributed by atoms with E-state index in [1.165, 1.54) is 11.1 Å². The van der Waals surface area contributed by atoms with Crippen molar-refractivity contribution in [3.8, 4) is 0 Å². The Bertz CT molecular complexity index is 794. The van der Waals surface area contributed by atoms with Crippen molar-refractivity contribution in [3.05, 3.63) is 65.7 Å². The van der Waals surface area contributed by atoms with Crippen molar-refractivity contribution in [1.82, 2.24) is 10.6 Å². The Balaban J connectivity index is 0.00000280. The van der Waals surface area contributed by atoms with E-state index >= 15 is 0 Å². The van der Waals surface area contributed by atoms with Crippen LogP contribution in [0.4, 0.5) is 5.69 Å². The molecule has 2 aromatic rings. The van der Waals surface area contributed by atoms with Crippen LogP contribution in [0.5, 0.6) is 0 Å². The van der Waals surface area contributed by atoms with Gasteiger partial charge in [-0.3, -0.25) is 9.79 Å². The maximum absolute atomic E-state index is 12.6. The number of carbonyl (C=O) groups is 1. The largest absolute Gasteiger partial charge is 0.354 e. The third kappa shape index (κ3) is 5.95. The number of benzene rings is 2. The van der Waals surface area contributed by atoms with Crippen molar-refractivity contribution < 1.29 is 4.79 Å². The van der Waals surface area contributed by atoms with Gasteiger partial charge in [-0.25, -0.2) is 0 Å². The highest BCUT2D eigenvalue weighted by Gasteiger charge is 2.23. The molecule has 1 heterocycles. The smallest absolute Gasteiger partial charge is 0.246 e. The molecule has 28 heavy (non-hydrogen) atoms. The third-order valence-corrected chi connectivity index (χ3v) is 4.91. The standard InChI is InChI=1S/C22H28N4O.HI/c1-17(12-13-18-8-4-3-5-9-18)25-22(23-2)24-16-21(27)26-15-14-19-10-6-7-11-20(19)26;/h3-11,17H,12-16H2,1-2H3,(H2,23,24,25);1H. The number of rotatable bonds is 6. The Morgan fingerprint density at radius 1 is 1.14 bits per heavy atom. The average molecular weight is 492 g/mol. The molecule has 0 bridgehead atoms. The summed E-state index contributed by atoms with van der Waals surface area (Å²) in [4.78, 5) is 18.7. The number of fused-ring (bicyclic) bond motifs is 1. The fourth-order valence-electron chi connectivity index (χ4n) is 3.38. The lowest BCUT2D eigenvalue weighted by atomic mass is 10.1. The lowest BCUT2D eigenvalue weighted by molar-refractivity contribution is -0.117. The predicted octanol–water partition coefficient (Wildman–Crippen LogP) is 3.38. The second kappa shape index (κ2) is 11.0.